The molecule has 3 rings (SSSR count). The van der Waals surface area contributed by atoms with Crippen molar-refractivity contribution in [1.82, 2.24) is 0 Å². The number of ketones is 1. The highest BCUT2D eigenvalue weighted by Crippen LogP contribution is 2.31. The van der Waals surface area contributed by atoms with Gasteiger partial charge in [0.05, 0.1) is 10.6 Å². The number of rotatable bonds is 5. The second-order valence-corrected chi connectivity index (χ2v) is 6.91. The van der Waals surface area contributed by atoms with Crippen LogP contribution in [-0.2, 0) is 6.42 Å². The summed E-state index contributed by atoms with van der Waals surface area (Å²) in [5.41, 5.74) is 1.12. The van der Waals surface area contributed by atoms with Crippen LogP contribution in [0.5, 0.6) is 17.2 Å². The van der Waals surface area contributed by atoms with E-state index in [2.05, 4.69) is 0 Å². The van der Waals surface area contributed by atoms with E-state index in [0.717, 1.165) is 0 Å². The van der Waals surface area contributed by atoms with Gasteiger partial charge in [0.2, 0.25) is 0 Å². The summed E-state index contributed by atoms with van der Waals surface area (Å²) in [6.45, 7) is 1.65. The molecule has 0 heterocycles. The van der Waals surface area contributed by atoms with E-state index in [-0.39, 0.29) is 12.0 Å². The molecule has 0 atom stereocenters. The summed E-state index contributed by atoms with van der Waals surface area (Å²) >= 11 is 12.1. The molecular formula is C21H15Cl2FO3. The quantitative estimate of drug-likeness (QED) is 0.502. The van der Waals surface area contributed by atoms with Crippen LogP contribution >= 0.6 is 23.2 Å². The maximum atomic E-state index is 13.6. The standard InChI is InChI=1S/C21H15Cl2FO3/c1-12-8-16(21(26)18(24)9-12)19(25)11-13-2-7-20(17(23)10-13)27-15-5-3-14(22)4-6-15/h2-10,26H,11H2,1H3. The van der Waals surface area contributed by atoms with Crippen LogP contribution in [0.15, 0.2) is 54.6 Å². The smallest absolute Gasteiger partial charge is 0.171 e. The van der Waals surface area contributed by atoms with E-state index in [9.17, 15) is 14.3 Å². The van der Waals surface area contributed by atoms with Gasteiger partial charge in [-0.3, -0.25) is 4.79 Å². The molecule has 3 aromatic carbocycles. The second-order valence-electron chi connectivity index (χ2n) is 6.06. The summed E-state index contributed by atoms with van der Waals surface area (Å²) in [5, 5.41) is 10.7. The second kappa shape index (κ2) is 7.99. The Bertz CT molecular complexity index is 1000. The predicted octanol–water partition coefficient (Wildman–Crippen LogP) is 6.36. The third-order valence-electron chi connectivity index (χ3n) is 3.91. The Kier molecular flexibility index (Phi) is 5.68. The minimum Gasteiger partial charge on any atom is -0.504 e. The Hall–Kier alpha value is -2.56. The Morgan fingerprint density at radius 3 is 2.44 bits per heavy atom. The van der Waals surface area contributed by atoms with E-state index in [4.69, 9.17) is 27.9 Å². The summed E-state index contributed by atoms with van der Waals surface area (Å²) in [7, 11) is 0. The van der Waals surface area contributed by atoms with Gasteiger partial charge in [0.25, 0.3) is 0 Å². The number of phenols is 1. The number of Topliss-reactive ketones (excluding diaryl/α,β-unsaturated/α-hetero) is 1. The van der Waals surface area contributed by atoms with Crippen molar-refractivity contribution in [2.24, 2.45) is 0 Å². The first-order valence-corrected chi connectivity index (χ1v) is 8.83. The highest BCUT2D eigenvalue weighted by molar-refractivity contribution is 6.32. The first-order valence-electron chi connectivity index (χ1n) is 8.07. The van der Waals surface area contributed by atoms with Crippen LogP contribution in [0.25, 0.3) is 0 Å². The Morgan fingerprint density at radius 1 is 1.07 bits per heavy atom. The zero-order valence-corrected chi connectivity index (χ0v) is 15.8. The third-order valence-corrected chi connectivity index (χ3v) is 4.46. The monoisotopic (exact) mass is 404 g/mol. The van der Waals surface area contributed by atoms with Gasteiger partial charge in [0.15, 0.2) is 17.3 Å². The zero-order chi connectivity index (χ0) is 19.6. The number of benzene rings is 3. The molecule has 0 aliphatic carbocycles. The Balaban J connectivity index is 1.78. The van der Waals surface area contributed by atoms with Crippen molar-refractivity contribution in [3.8, 4) is 17.2 Å². The van der Waals surface area contributed by atoms with Crippen molar-refractivity contribution in [3.63, 3.8) is 0 Å². The average Bonchev–Trinajstić information content (AvgIpc) is 2.62. The van der Waals surface area contributed by atoms with E-state index >= 15 is 0 Å². The summed E-state index contributed by atoms with van der Waals surface area (Å²) in [4.78, 5) is 12.4. The first kappa shape index (κ1) is 19.2. The lowest BCUT2D eigenvalue weighted by molar-refractivity contribution is 0.0989. The van der Waals surface area contributed by atoms with Gasteiger partial charge in [-0.05, 0) is 66.6 Å². The summed E-state index contributed by atoms with van der Waals surface area (Å²) < 4.78 is 19.3. The third kappa shape index (κ3) is 4.59. The van der Waals surface area contributed by atoms with E-state index in [1.807, 2.05) is 0 Å². The van der Waals surface area contributed by atoms with Crippen LogP contribution in [0.4, 0.5) is 4.39 Å². The first-order chi connectivity index (χ1) is 12.8. The van der Waals surface area contributed by atoms with E-state index < -0.39 is 17.3 Å². The van der Waals surface area contributed by atoms with Crippen LogP contribution in [0, 0.1) is 12.7 Å². The van der Waals surface area contributed by atoms with Gasteiger partial charge in [-0.25, -0.2) is 4.39 Å². The molecule has 0 aliphatic heterocycles. The van der Waals surface area contributed by atoms with Gasteiger partial charge in [-0.1, -0.05) is 29.3 Å². The Labute approximate surface area is 165 Å². The predicted molar refractivity (Wildman–Crippen MR) is 104 cm³/mol. The molecule has 0 bridgehead atoms. The van der Waals surface area contributed by atoms with E-state index in [1.54, 1.807) is 49.4 Å². The van der Waals surface area contributed by atoms with Crippen LogP contribution in [0.2, 0.25) is 10.0 Å². The van der Waals surface area contributed by atoms with Gasteiger partial charge < -0.3 is 9.84 Å². The topological polar surface area (TPSA) is 46.5 Å². The van der Waals surface area contributed by atoms with Gasteiger partial charge in [-0.15, -0.1) is 0 Å². The molecule has 0 radical (unpaired) electrons. The summed E-state index contributed by atoms with van der Waals surface area (Å²) in [6.07, 6.45) is -0.0304. The van der Waals surface area contributed by atoms with Crippen molar-refractivity contribution in [1.29, 1.82) is 0 Å². The van der Waals surface area contributed by atoms with E-state index in [0.29, 0.717) is 32.7 Å². The Morgan fingerprint density at radius 2 is 1.78 bits per heavy atom. The van der Waals surface area contributed by atoms with Gasteiger partial charge in [0.1, 0.15) is 11.5 Å². The lowest BCUT2D eigenvalue weighted by Crippen LogP contribution is -2.05. The number of aromatic hydroxyl groups is 1. The van der Waals surface area contributed by atoms with Crippen LogP contribution in [0.1, 0.15) is 21.5 Å². The normalized spacial score (nSPS) is 10.7. The lowest BCUT2D eigenvalue weighted by atomic mass is 10.00. The molecule has 3 aromatic rings. The summed E-state index contributed by atoms with van der Waals surface area (Å²) in [6, 6.07) is 14.4. The van der Waals surface area contributed by atoms with Crippen molar-refractivity contribution >= 4 is 29.0 Å². The molecule has 0 saturated heterocycles. The molecule has 0 saturated carbocycles. The number of hydrogen-bond acceptors (Lipinski definition) is 3. The molecule has 1 N–H and O–H groups in total. The van der Waals surface area contributed by atoms with Crippen LogP contribution < -0.4 is 4.74 Å². The van der Waals surface area contributed by atoms with Gasteiger partial charge in [-0.2, -0.15) is 0 Å². The number of hydrogen-bond donors (Lipinski definition) is 1. The van der Waals surface area contributed by atoms with Gasteiger partial charge >= 0.3 is 0 Å². The van der Waals surface area contributed by atoms with Crippen molar-refractivity contribution in [2.45, 2.75) is 13.3 Å². The number of ether oxygens (including phenoxy) is 1. The van der Waals surface area contributed by atoms with Crippen molar-refractivity contribution in [3.05, 3.63) is 87.2 Å². The lowest BCUT2D eigenvalue weighted by Gasteiger charge is -2.10. The summed E-state index contributed by atoms with van der Waals surface area (Å²) in [5.74, 6) is -0.857. The molecule has 0 spiro atoms. The SMILES string of the molecule is Cc1cc(F)c(O)c(C(=O)Cc2ccc(Oc3ccc(Cl)cc3)c(Cl)c2)c1. The van der Waals surface area contributed by atoms with Crippen molar-refractivity contribution < 1.29 is 19.0 Å². The molecule has 27 heavy (non-hydrogen) atoms. The number of carbonyl (C=O) groups excluding carboxylic acids is 1. The highest BCUT2D eigenvalue weighted by Gasteiger charge is 2.17. The number of aryl methyl sites for hydroxylation is 1. The molecule has 3 nitrogen and oxygen atoms in total. The molecular weight excluding hydrogens is 390 g/mol. The molecule has 0 aromatic heterocycles. The fourth-order valence-electron chi connectivity index (χ4n) is 2.59. The van der Waals surface area contributed by atoms with Gasteiger partial charge in [0, 0.05) is 11.4 Å². The molecule has 0 fully saturated rings. The molecule has 138 valence electrons. The van der Waals surface area contributed by atoms with Crippen LogP contribution in [0.3, 0.4) is 0 Å². The zero-order valence-electron chi connectivity index (χ0n) is 14.3. The maximum absolute atomic E-state index is 13.6. The largest absolute Gasteiger partial charge is 0.504 e. The molecule has 0 aliphatic rings. The highest BCUT2D eigenvalue weighted by atomic mass is 35.5. The minimum atomic E-state index is -0.817. The number of carbonyl (C=O) groups is 1. The van der Waals surface area contributed by atoms with E-state index in [1.165, 1.54) is 12.1 Å². The number of phenolic OH excluding ortho intramolecular Hbond substituents is 1. The fourth-order valence-corrected chi connectivity index (χ4v) is 2.96. The molecule has 6 heteroatoms. The maximum Gasteiger partial charge on any atom is 0.171 e. The number of halogens is 3. The van der Waals surface area contributed by atoms with Crippen LogP contribution in [-0.4, -0.2) is 10.9 Å². The molecule has 0 unspecified atom stereocenters. The van der Waals surface area contributed by atoms with Crippen molar-refractivity contribution in [2.75, 3.05) is 0 Å². The average molecular weight is 405 g/mol. The molecule has 0 amide bonds. The minimum absolute atomic E-state index is 0.0304. The fraction of sp³-hybridized carbons (Fsp3) is 0.0952.